The number of benzene rings is 1. The molecule has 6 heteroatoms. The molecular formula is C10H15O5P. The van der Waals surface area contributed by atoms with E-state index >= 15 is 0 Å². The number of hydrogen-bond acceptors (Lipinski definition) is 4. The van der Waals surface area contributed by atoms with Crippen molar-refractivity contribution in [2.75, 3.05) is 19.8 Å². The normalized spacial score (nSPS) is 14.4. The van der Waals surface area contributed by atoms with E-state index in [1.165, 1.54) is 12.1 Å². The van der Waals surface area contributed by atoms with Gasteiger partial charge in [-0.1, -0.05) is 6.07 Å². The number of hydrogen-bond donors (Lipinski definition) is 2. The Morgan fingerprint density at radius 1 is 1.44 bits per heavy atom. The minimum Gasteiger partial charge on any atom is -0.491 e. The lowest BCUT2D eigenvalue weighted by Gasteiger charge is -2.12. The summed E-state index contributed by atoms with van der Waals surface area (Å²) < 4.78 is 21.6. The number of aliphatic hydroxyl groups is 1. The van der Waals surface area contributed by atoms with Crippen LogP contribution in [0.1, 0.15) is 6.92 Å². The first-order valence-electron chi connectivity index (χ1n) is 4.91. The molecule has 16 heavy (non-hydrogen) atoms. The first-order valence-corrected chi connectivity index (χ1v) is 6.49. The van der Waals surface area contributed by atoms with Crippen LogP contribution in [0.25, 0.3) is 0 Å². The lowest BCUT2D eigenvalue weighted by Crippen LogP contribution is -2.09. The van der Waals surface area contributed by atoms with Crippen molar-refractivity contribution in [3.8, 4) is 5.75 Å². The van der Waals surface area contributed by atoms with E-state index in [0.717, 1.165) is 0 Å². The highest BCUT2D eigenvalue weighted by Crippen LogP contribution is 2.40. The van der Waals surface area contributed by atoms with Crippen molar-refractivity contribution in [3.05, 3.63) is 24.3 Å². The van der Waals surface area contributed by atoms with Crippen molar-refractivity contribution >= 4 is 12.9 Å². The molecule has 0 bridgehead atoms. The van der Waals surface area contributed by atoms with Gasteiger partial charge in [-0.25, -0.2) is 0 Å². The quantitative estimate of drug-likeness (QED) is 0.729. The van der Waals surface area contributed by atoms with Gasteiger partial charge in [0.2, 0.25) is 0 Å². The summed E-state index contributed by atoms with van der Waals surface area (Å²) in [6, 6.07) is 6.18. The SMILES string of the molecule is CCOP(=O)(O)c1cccc(OCCO)c1. The molecule has 2 N–H and O–H groups in total. The van der Waals surface area contributed by atoms with Crippen molar-refractivity contribution in [1.29, 1.82) is 0 Å². The topological polar surface area (TPSA) is 76.0 Å². The zero-order valence-corrected chi connectivity index (χ0v) is 9.89. The molecule has 0 aromatic heterocycles. The predicted octanol–water partition coefficient (Wildman–Crippen LogP) is 0.905. The molecule has 1 unspecified atom stereocenters. The molecule has 0 heterocycles. The van der Waals surface area contributed by atoms with E-state index in [1.807, 2.05) is 0 Å². The number of rotatable bonds is 6. The largest absolute Gasteiger partial charge is 0.491 e. The standard InChI is InChI=1S/C10H15O5P/c1-2-15-16(12,13)10-5-3-4-9(8-10)14-7-6-11/h3-5,8,11H,2,6-7H2,1H3,(H,12,13). The maximum Gasteiger partial charge on any atom is 0.358 e. The second kappa shape index (κ2) is 6.01. The van der Waals surface area contributed by atoms with Crippen molar-refractivity contribution in [2.45, 2.75) is 6.92 Å². The molecule has 1 rings (SSSR count). The highest BCUT2D eigenvalue weighted by Gasteiger charge is 2.22. The van der Waals surface area contributed by atoms with Crippen LogP contribution in [-0.2, 0) is 9.09 Å². The van der Waals surface area contributed by atoms with Gasteiger partial charge < -0.3 is 19.3 Å². The molecule has 90 valence electrons. The fraction of sp³-hybridized carbons (Fsp3) is 0.400. The van der Waals surface area contributed by atoms with Gasteiger partial charge in [0.05, 0.1) is 18.5 Å². The third-order valence-corrected chi connectivity index (χ3v) is 3.35. The van der Waals surface area contributed by atoms with Crippen LogP contribution in [0.15, 0.2) is 24.3 Å². The lowest BCUT2D eigenvalue weighted by atomic mass is 10.3. The Kier molecular flexibility index (Phi) is 4.96. The Bertz CT molecular complexity index is 379. The first-order chi connectivity index (χ1) is 7.60. The van der Waals surface area contributed by atoms with Crippen LogP contribution in [0.4, 0.5) is 0 Å². The molecular weight excluding hydrogens is 231 g/mol. The minimum atomic E-state index is -3.75. The van der Waals surface area contributed by atoms with E-state index < -0.39 is 7.60 Å². The lowest BCUT2D eigenvalue weighted by molar-refractivity contribution is 0.201. The monoisotopic (exact) mass is 246 g/mol. The first kappa shape index (κ1) is 13.2. The average Bonchev–Trinajstić information content (AvgIpc) is 2.27. The molecule has 0 amide bonds. The molecule has 1 aromatic rings. The fourth-order valence-electron chi connectivity index (χ4n) is 1.16. The van der Waals surface area contributed by atoms with Gasteiger partial charge in [0.25, 0.3) is 0 Å². The highest BCUT2D eigenvalue weighted by atomic mass is 31.2. The number of aliphatic hydroxyl groups excluding tert-OH is 1. The van der Waals surface area contributed by atoms with Crippen LogP contribution in [0.2, 0.25) is 0 Å². The summed E-state index contributed by atoms with van der Waals surface area (Å²) in [6.45, 7) is 1.85. The van der Waals surface area contributed by atoms with Crippen LogP contribution < -0.4 is 10.0 Å². The highest BCUT2D eigenvalue weighted by molar-refractivity contribution is 7.61. The smallest absolute Gasteiger partial charge is 0.358 e. The Hall–Kier alpha value is -0.870. The second-order valence-electron chi connectivity index (χ2n) is 3.01. The minimum absolute atomic E-state index is 0.105. The summed E-state index contributed by atoms with van der Waals surface area (Å²) in [5.74, 6) is 0.431. The third-order valence-electron chi connectivity index (χ3n) is 1.81. The van der Waals surface area contributed by atoms with Gasteiger partial charge in [-0.15, -0.1) is 0 Å². The molecule has 0 saturated heterocycles. The molecule has 0 radical (unpaired) electrons. The van der Waals surface area contributed by atoms with Crippen LogP contribution in [0.3, 0.4) is 0 Å². The van der Waals surface area contributed by atoms with Crippen LogP contribution in [0.5, 0.6) is 5.75 Å². The Morgan fingerprint density at radius 3 is 2.81 bits per heavy atom. The molecule has 0 spiro atoms. The van der Waals surface area contributed by atoms with E-state index in [9.17, 15) is 9.46 Å². The second-order valence-corrected chi connectivity index (χ2v) is 4.82. The van der Waals surface area contributed by atoms with E-state index in [1.54, 1.807) is 19.1 Å². The van der Waals surface area contributed by atoms with E-state index in [4.69, 9.17) is 14.4 Å². The summed E-state index contributed by atoms with van der Waals surface area (Å²) in [6.07, 6.45) is 0. The van der Waals surface area contributed by atoms with Crippen LogP contribution in [-0.4, -0.2) is 29.8 Å². The van der Waals surface area contributed by atoms with Gasteiger partial charge in [-0.2, -0.15) is 0 Å². The molecule has 5 nitrogen and oxygen atoms in total. The number of ether oxygens (including phenoxy) is 1. The molecule has 0 aliphatic heterocycles. The maximum atomic E-state index is 11.7. The fourth-order valence-corrected chi connectivity index (χ4v) is 2.23. The molecule has 0 aliphatic carbocycles. The van der Waals surface area contributed by atoms with Crippen molar-refractivity contribution in [1.82, 2.24) is 0 Å². The van der Waals surface area contributed by atoms with Crippen molar-refractivity contribution in [2.24, 2.45) is 0 Å². The molecule has 0 aliphatic rings. The van der Waals surface area contributed by atoms with E-state index in [-0.39, 0.29) is 25.1 Å². The summed E-state index contributed by atoms with van der Waals surface area (Å²) in [5, 5.41) is 8.77. The Labute approximate surface area is 94.2 Å². The predicted molar refractivity (Wildman–Crippen MR) is 60.1 cm³/mol. The Morgan fingerprint density at radius 2 is 2.19 bits per heavy atom. The summed E-state index contributed by atoms with van der Waals surface area (Å²) in [4.78, 5) is 9.56. The molecule has 0 fully saturated rings. The zero-order valence-electron chi connectivity index (χ0n) is 9.00. The summed E-state index contributed by atoms with van der Waals surface area (Å²) in [7, 11) is -3.75. The van der Waals surface area contributed by atoms with Crippen LogP contribution >= 0.6 is 7.60 Å². The van der Waals surface area contributed by atoms with Gasteiger partial charge in [0, 0.05) is 0 Å². The third kappa shape index (κ3) is 3.61. The van der Waals surface area contributed by atoms with Crippen molar-refractivity contribution in [3.63, 3.8) is 0 Å². The summed E-state index contributed by atoms with van der Waals surface area (Å²) in [5.41, 5.74) is 0. The summed E-state index contributed by atoms with van der Waals surface area (Å²) >= 11 is 0. The van der Waals surface area contributed by atoms with Crippen LogP contribution in [0, 0.1) is 0 Å². The van der Waals surface area contributed by atoms with Gasteiger partial charge >= 0.3 is 7.60 Å². The van der Waals surface area contributed by atoms with Gasteiger partial charge in [-0.05, 0) is 25.1 Å². The average molecular weight is 246 g/mol. The molecule has 1 atom stereocenters. The van der Waals surface area contributed by atoms with Gasteiger partial charge in [-0.3, -0.25) is 4.57 Å². The molecule has 0 saturated carbocycles. The Balaban J connectivity index is 2.85. The van der Waals surface area contributed by atoms with Gasteiger partial charge in [0.15, 0.2) is 0 Å². The zero-order chi connectivity index (χ0) is 12.0. The maximum absolute atomic E-state index is 11.7. The van der Waals surface area contributed by atoms with E-state index in [0.29, 0.717) is 5.75 Å². The van der Waals surface area contributed by atoms with Crippen molar-refractivity contribution < 1.29 is 23.8 Å². The van der Waals surface area contributed by atoms with Gasteiger partial charge in [0.1, 0.15) is 12.4 Å². The van der Waals surface area contributed by atoms with E-state index in [2.05, 4.69) is 0 Å². The molecule has 1 aromatic carbocycles.